The highest BCUT2D eigenvalue weighted by Gasteiger charge is 2.18. The zero-order valence-electron chi connectivity index (χ0n) is 6.53. The molecule has 1 aromatic heterocycles. The SMILES string of the molecule is CSC1CCn2cnnc2C1. The molecule has 0 fully saturated rings. The third-order valence-corrected chi connectivity index (χ3v) is 3.20. The molecular formula is C7H11N3S. The Morgan fingerprint density at radius 1 is 1.73 bits per heavy atom. The Morgan fingerprint density at radius 2 is 2.64 bits per heavy atom. The molecular weight excluding hydrogens is 158 g/mol. The third-order valence-electron chi connectivity index (χ3n) is 2.13. The number of aryl methyl sites for hydroxylation is 1. The Bertz CT molecular complexity index is 246. The van der Waals surface area contributed by atoms with Crippen molar-refractivity contribution in [2.75, 3.05) is 6.26 Å². The van der Waals surface area contributed by atoms with E-state index in [0.29, 0.717) is 0 Å². The third kappa shape index (κ3) is 1.27. The van der Waals surface area contributed by atoms with E-state index in [2.05, 4.69) is 21.0 Å². The van der Waals surface area contributed by atoms with Crippen molar-refractivity contribution in [1.29, 1.82) is 0 Å². The molecule has 60 valence electrons. The fourth-order valence-electron chi connectivity index (χ4n) is 1.41. The maximum atomic E-state index is 4.05. The molecule has 0 amide bonds. The van der Waals surface area contributed by atoms with E-state index >= 15 is 0 Å². The van der Waals surface area contributed by atoms with Gasteiger partial charge in [-0.15, -0.1) is 10.2 Å². The van der Waals surface area contributed by atoms with E-state index in [1.807, 2.05) is 18.1 Å². The van der Waals surface area contributed by atoms with Crippen LogP contribution < -0.4 is 0 Å². The van der Waals surface area contributed by atoms with Crippen LogP contribution in [-0.2, 0) is 13.0 Å². The topological polar surface area (TPSA) is 30.7 Å². The number of hydrogen-bond acceptors (Lipinski definition) is 3. The van der Waals surface area contributed by atoms with E-state index in [0.717, 1.165) is 24.0 Å². The van der Waals surface area contributed by atoms with Crippen LogP contribution in [0.25, 0.3) is 0 Å². The van der Waals surface area contributed by atoms with Gasteiger partial charge in [0.05, 0.1) is 0 Å². The summed E-state index contributed by atoms with van der Waals surface area (Å²) in [6.07, 6.45) is 6.33. The number of hydrogen-bond donors (Lipinski definition) is 0. The molecule has 3 nitrogen and oxygen atoms in total. The fourth-order valence-corrected chi connectivity index (χ4v) is 2.07. The summed E-state index contributed by atoms with van der Waals surface area (Å²) in [6, 6.07) is 0. The lowest BCUT2D eigenvalue weighted by atomic mass is 10.1. The van der Waals surface area contributed by atoms with Gasteiger partial charge in [-0.05, 0) is 12.7 Å². The molecule has 1 aromatic rings. The normalized spacial score (nSPS) is 23.2. The largest absolute Gasteiger partial charge is 0.318 e. The first-order chi connectivity index (χ1) is 5.40. The van der Waals surface area contributed by atoms with Crippen LogP contribution in [0.2, 0.25) is 0 Å². The monoisotopic (exact) mass is 169 g/mol. The Hall–Kier alpha value is -0.510. The van der Waals surface area contributed by atoms with Crippen molar-refractivity contribution >= 4 is 11.8 Å². The van der Waals surface area contributed by atoms with Gasteiger partial charge in [-0.1, -0.05) is 0 Å². The molecule has 4 heteroatoms. The van der Waals surface area contributed by atoms with Crippen molar-refractivity contribution in [3.05, 3.63) is 12.2 Å². The number of fused-ring (bicyclic) bond motifs is 1. The van der Waals surface area contributed by atoms with Crippen molar-refractivity contribution in [3.8, 4) is 0 Å². The lowest BCUT2D eigenvalue weighted by Crippen LogP contribution is -2.20. The second kappa shape index (κ2) is 2.85. The molecule has 0 saturated heterocycles. The second-order valence-electron chi connectivity index (χ2n) is 2.79. The smallest absolute Gasteiger partial charge is 0.133 e. The fraction of sp³-hybridized carbons (Fsp3) is 0.714. The van der Waals surface area contributed by atoms with E-state index in [1.165, 1.54) is 6.42 Å². The molecule has 2 rings (SSSR count). The standard InChI is InChI=1S/C7H11N3S/c1-11-6-2-3-10-5-8-9-7(10)4-6/h5-6H,2-4H2,1H3. The molecule has 11 heavy (non-hydrogen) atoms. The first kappa shape index (κ1) is 7.16. The molecule has 0 aliphatic carbocycles. The molecule has 1 aliphatic heterocycles. The van der Waals surface area contributed by atoms with Crippen LogP contribution in [0.4, 0.5) is 0 Å². The van der Waals surface area contributed by atoms with E-state index < -0.39 is 0 Å². The van der Waals surface area contributed by atoms with Gasteiger partial charge in [0.25, 0.3) is 0 Å². The summed E-state index contributed by atoms with van der Waals surface area (Å²) in [5.41, 5.74) is 0. The minimum atomic E-state index is 0.756. The van der Waals surface area contributed by atoms with E-state index in [1.54, 1.807) is 0 Å². The van der Waals surface area contributed by atoms with Gasteiger partial charge in [0.15, 0.2) is 0 Å². The number of nitrogens with zero attached hydrogens (tertiary/aromatic N) is 3. The van der Waals surface area contributed by atoms with Crippen molar-refractivity contribution in [1.82, 2.24) is 14.8 Å². The summed E-state index contributed by atoms with van der Waals surface area (Å²) >= 11 is 1.93. The average molecular weight is 169 g/mol. The Balaban J connectivity index is 2.18. The minimum Gasteiger partial charge on any atom is -0.318 e. The predicted molar refractivity (Wildman–Crippen MR) is 45.6 cm³/mol. The van der Waals surface area contributed by atoms with Gasteiger partial charge in [-0.25, -0.2) is 0 Å². The highest BCUT2D eigenvalue weighted by molar-refractivity contribution is 7.99. The van der Waals surface area contributed by atoms with Gasteiger partial charge in [0.2, 0.25) is 0 Å². The van der Waals surface area contributed by atoms with Crippen LogP contribution in [0.5, 0.6) is 0 Å². The maximum Gasteiger partial charge on any atom is 0.133 e. The van der Waals surface area contributed by atoms with E-state index in [-0.39, 0.29) is 0 Å². The molecule has 0 aromatic carbocycles. The molecule has 0 spiro atoms. The summed E-state index contributed by atoms with van der Waals surface area (Å²) in [6.45, 7) is 1.09. The highest BCUT2D eigenvalue weighted by Crippen LogP contribution is 2.21. The molecule has 1 atom stereocenters. The molecule has 1 aliphatic rings. The van der Waals surface area contributed by atoms with Crippen LogP contribution in [0.1, 0.15) is 12.2 Å². The van der Waals surface area contributed by atoms with Crippen LogP contribution in [0.15, 0.2) is 6.33 Å². The summed E-state index contributed by atoms with van der Waals surface area (Å²) in [5, 5.41) is 8.69. The number of aromatic nitrogens is 3. The van der Waals surface area contributed by atoms with E-state index in [4.69, 9.17) is 0 Å². The first-order valence-corrected chi connectivity index (χ1v) is 5.08. The summed E-state index contributed by atoms with van der Waals surface area (Å²) in [4.78, 5) is 0. The van der Waals surface area contributed by atoms with Gasteiger partial charge < -0.3 is 4.57 Å². The Kier molecular flexibility index (Phi) is 1.85. The van der Waals surface area contributed by atoms with Crippen LogP contribution in [0, 0.1) is 0 Å². The van der Waals surface area contributed by atoms with Crippen LogP contribution in [-0.4, -0.2) is 26.3 Å². The lowest BCUT2D eigenvalue weighted by molar-refractivity contribution is 0.533. The van der Waals surface area contributed by atoms with Crippen molar-refractivity contribution in [3.63, 3.8) is 0 Å². The Morgan fingerprint density at radius 3 is 3.45 bits per heavy atom. The van der Waals surface area contributed by atoms with Gasteiger partial charge in [-0.3, -0.25) is 0 Å². The lowest BCUT2D eigenvalue weighted by Gasteiger charge is -2.20. The molecule has 0 N–H and O–H groups in total. The van der Waals surface area contributed by atoms with Crippen molar-refractivity contribution < 1.29 is 0 Å². The van der Waals surface area contributed by atoms with Crippen molar-refractivity contribution in [2.24, 2.45) is 0 Å². The quantitative estimate of drug-likeness (QED) is 0.627. The number of thioether (sulfide) groups is 1. The van der Waals surface area contributed by atoms with Gasteiger partial charge in [0.1, 0.15) is 12.2 Å². The summed E-state index contributed by atoms with van der Waals surface area (Å²) in [5.74, 6) is 1.15. The second-order valence-corrected chi connectivity index (χ2v) is 3.93. The van der Waals surface area contributed by atoms with Crippen molar-refractivity contribution in [2.45, 2.75) is 24.6 Å². The van der Waals surface area contributed by atoms with Gasteiger partial charge in [-0.2, -0.15) is 11.8 Å². The van der Waals surface area contributed by atoms with Gasteiger partial charge >= 0.3 is 0 Å². The van der Waals surface area contributed by atoms with Crippen LogP contribution in [0.3, 0.4) is 0 Å². The summed E-state index contributed by atoms with van der Waals surface area (Å²) < 4.78 is 2.15. The zero-order chi connectivity index (χ0) is 7.68. The predicted octanol–water partition coefficient (Wildman–Crippen LogP) is 0.956. The maximum absolute atomic E-state index is 4.05. The summed E-state index contributed by atoms with van der Waals surface area (Å²) in [7, 11) is 0. The number of rotatable bonds is 1. The molecule has 0 bridgehead atoms. The zero-order valence-corrected chi connectivity index (χ0v) is 7.34. The first-order valence-electron chi connectivity index (χ1n) is 3.79. The van der Waals surface area contributed by atoms with Crippen LogP contribution >= 0.6 is 11.8 Å². The molecule has 1 unspecified atom stereocenters. The van der Waals surface area contributed by atoms with Gasteiger partial charge in [0, 0.05) is 18.2 Å². The molecule has 0 radical (unpaired) electrons. The minimum absolute atomic E-state index is 0.756. The van der Waals surface area contributed by atoms with E-state index in [9.17, 15) is 0 Å². The Labute approximate surface area is 70.2 Å². The highest BCUT2D eigenvalue weighted by atomic mass is 32.2. The molecule has 2 heterocycles. The average Bonchev–Trinajstić information content (AvgIpc) is 2.50. The molecule has 0 saturated carbocycles.